The number of carbonyl (C=O) groups excluding carboxylic acids is 2. The van der Waals surface area contributed by atoms with Crippen molar-refractivity contribution in [1.82, 2.24) is 14.7 Å². The molecule has 1 aliphatic rings. The summed E-state index contributed by atoms with van der Waals surface area (Å²) in [6.45, 7) is 2.71. The van der Waals surface area contributed by atoms with E-state index in [1.165, 1.54) is 0 Å². The Balaban J connectivity index is 1.42. The Bertz CT molecular complexity index is 1340. The van der Waals surface area contributed by atoms with Gasteiger partial charge in [0.1, 0.15) is 17.3 Å². The van der Waals surface area contributed by atoms with E-state index in [1.54, 1.807) is 29.0 Å². The Labute approximate surface area is 203 Å². The third-order valence-corrected chi connectivity index (χ3v) is 6.13. The highest BCUT2D eigenvalue weighted by Crippen LogP contribution is 2.32. The summed E-state index contributed by atoms with van der Waals surface area (Å²) in [5.74, 6) is 1.15. The second-order valence-corrected chi connectivity index (χ2v) is 8.61. The Morgan fingerprint density at radius 2 is 1.94 bits per heavy atom. The van der Waals surface area contributed by atoms with Crippen LogP contribution in [-0.4, -0.2) is 40.1 Å². The fraction of sp³-hybridized carbons (Fsp3) is 0.222. The molecule has 1 saturated heterocycles. The van der Waals surface area contributed by atoms with Crippen molar-refractivity contribution in [2.75, 3.05) is 19.0 Å². The van der Waals surface area contributed by atoms with E-state index in [2.05, 4.69) is 5.32 Å². The number of anilines is 1. The van der Waals surface area contributed by atoms with Crippen LogP contribution in [0.5, 0.6) is 5.75 Å². The lowest BCUT2D eigenvalue weighted by molar-refractivity contribution is -0.128. The minimum Gasteiger partial charge on any atom is -0.496 e. The molecule has 1 unspecified atom stereocenters. The molecule has 5 rings (SSSR count). The SMILES string of the molecule is COc1ccccc1-c1cc(NC(=O)C2CC(=O)N(Cc3ccco3)C2)n(-c2ccc(C)cc2)n1. The van der Waals surface area contributed by atoms with Crippen LogP contribution < -0.4 is 10.1 Å². The lowest BCUT2D eigenvalue weighted by Crippen LogP contribution is -2.28. The van der Waals surface area contributed by atoms with E-state index in [-0.39, 0.29) is 18.2 Å². The lowest BCUT2D eigenvalue weighted by atomic mass is 10.1. The molecule has 2 aromatic heterocycles. The fourth-order valence-electron chi connectivity index (χ4n) is 4.26. The van der Waals surface area contributed by atoms with Crippen molar-refractivity contribution in [3.8, 4) is 22.7 Å². The van der Waals surface area contributed by atoms with Gasteiger partial charge in [0.2, 0.25) is 11.8 Å². The molecule has 0 radical (unpaired) electrons. The number of para-hydroxylation sites is 1. The monoisotopic (exact) mass is 470 g/mol. The molecule has 1 N–H and O–H groups in total. The molecule has 8 nitrogen and oxygen atoms in total. The highest BCUT2D eigenvalue weighted by Gasteiger charge is 2.35. The first-order chi connectivity index (χ1) is 17.0. The van der Waals surface area contributed by atoms with Crippen molar-refractivity contribution >= 4 is 17.6 Å². The van der Waals surface area contributed by atoms with Gasteiger partial charge in [0.25, 0.3) is 0 Å². The number of hydrogen-bond donors (Lipinski definition) is 1. The molecule has 1 fully saturated rings. The van der Waals surface area contributed by atoms with Gasteiger partial charge in [-0.1, -0.05) is 29.8 Å². The first-order valence-electron chi connectivity index (χ1n) is 11.4. The summed E-state index contributed by atoms with van der Waals surface area (Å²) in [6.07, 6.45) is 1.73. The van der Waals surface area contributed by atoms with Crippen molar-refractivity contribution in [3.63, 3.8) is 0 Å². The molecule has 0 saturated carbocycles. The summed E-state index contributed by atoms with van der Waals surface area (Å²) in [5, 5.41) is 7.79. The van der Waals surface area contributed by atoms with E-state index >= 15 is 0 Å². The largest absolute Gasteiger partial charge is 0.496 e. The first kappa shape index (κ1) is 22.5. The predicted molar refractivity (Wildman–Crippen MR) is 131 cm³/mol. The highest BCUT2D eigenvalue weighted by molar-refractivity contribution is 5.97. The van der Waals surface area contributed by atoms with Crippen LogP contribution in [0.25, 0.3) is 16.9 Å². The van der Waals surface area contributed by atoms with E-state index in [0.29, 0.717) is 36.1 Å². The molecule has 1 aliphatic heterocycles. The molecule has 0 aliphatic carbocycles. The summed E-state index contributed by atoms with van der Waals surface area (Å²) >= 11 is 0. The zero-order valence-electron chi connectivity index (χ0n) is 19.6. The van der Waals surface area contributed by atoms with E-state index in [9.17, 15) is 9.59 Å². The maximum atomic E-state index is 13.2. The van der Waals surface area contributed by atoms with Crippen LogP contribution in [0.1, 0.15) is 17.7 Å². The van der Waals surface area contributed by atoms with Gasteiger partial charge in [-0.15, -0.1) is 0 Å². The van der Waals surface area contributed by atoms with Crippen LogP contribution in [0.2, 0.25) is 0 Å². The number of aryl methyl sites for hydroxylation is 1. The molecule has 4 aromatic rings. The molecule has 35 heavy (non-hydrogen) atoms. The third kappa shape index (κ3) is 4.68. The molecule has 3 heterocycles. The summed E-state index contributed by atoms with van der Waals surface area (Å²) in [4.78, 5) is 27.4. The average molecular weight is 471 g/mol. The lowest BCUT2D eigenvalue weighted by Gasteiger charge is -2.15. The van der Waals surface area contributed by atoms with Crippen LogP contribution in [0, 0.1) is 12.8 Å². The van der Waals surface area contributed by atoms with Gasteiger partial charge in [0, 0.05) is 24.6 Å². The number of nitrogens with zero attached hydrogens (tertiary/aromatic N) is 3. The molecule has 0 bridgehead atoms. The minimum atomic E-state index is -0.464. The molecule has 2 aromatic carbocycles. The summed E-state index contributed by atoms with van der Waals surface area (Å²) in [7, 11) is 1.62. The van der Waals surface area contributed by atoms with E-state index in [1.807, 2.05) is 67.6 Å². The zero-order chi connectivity index (χ0) is 24.4. The summed E-state index contributed by atoms with van der Waals surface area (Å²) in [5.41, 5.74) is 3.42. The highest BCUT2D eigenvalue weighted by atomic mass is 16.5. The van der Waals surface area contributed by atoms with Crippen molar-refractivity contribution in [3.05, 3.63) is 84.3 Å². The van der Waals surface area contributed by atoms with Crippen LogP contribution in [0.15, 0.2) is 77.4 Å². The number of ether oxygens (including phenoxy) is 1. The number of benzene rings is 2. The van der Waals surface area contributed by atoms with Crippen LogP contribution >= 0.6 is 0 Å². The van der Waals surface area contributed by atoms with Gasteiger partial charge < -0.3 is 19.4 Å². The second-order valence-electron chi connectivity index (χ2n) is 8.61. The van der Waals surface area contributed by atoms with Crippen molar-refractivity contribution < 1.29 is 18.7 Å². The van der Waals surface area contributed by atoms with Gasteiger partial charge >= 0.3 is 0 Å². The van der Waals surface area contributed by atoms with Crippen LogP contribution in [-0.2, 0) is 16.1 Å². The number of nitrogens with one attached hydrogen (secondary N) is 1. The standard InChI is InChI=1S/C27H26N4O4/c1-18-9-11-20(12-10-18)31-25(15-23(29-31)22-7-3-4-8-24(22)34-2)28-27(33)19-14-26(32)30(16-19)17-21-6-5-13-35-21/h3-13,15,19H,14,16-17H2,1-2H3,(H,28,33). The Hall–Kier alpha value is -4.33. The van der Waals surface area contributed by atoms with Crippen LogP contribution in [0.3, 0.4) is 0 Å². The van der Waals surface area contributed by atoms with Gasteiger partial charge in [-0.3, -0.25) is 9.59 Å². The Morgan fingerprint density at radius 1 is 1.14 bits per heavy atom. The summed E-state index contributed by atoms with van der Waals surface area (Å²) in [6, 6.07) is 20.9. The number of hydrogen-bond acceptors (Lipinski definition) is 5. The van der Waals surface area contributed by atoms with Gasteiger partial charge in [0.15, 0.2) is 0 Å². The molecule has 0 spiro atoms. The Morgan fingerprint density at radius 3 is 2.69 bits per heavy atom. The van der Waals surface area contributed by atoms with Gasteiger partial charge in [-0.05, 0) is 43.3 Å². The predicted octanol–water partition coefficient (Wildman–Crippen LogP) is 4.44. The van der Waals surface area contributed by atoms with Crippen molar-refractivity contribution in [1.29, 1.82) is 0 Å². The van der Waals surface area contributed by atoms with Gasteiger partial charge in [0.05, 0.1) is 37.2 Å². The van der Waals surface area contributed by atoms with Crippen molar-refractivity contribution in [2.45, 2.75) is 19.9 Å². The molecule has 1 atom stereocenters. The fourth-order valence-corrected chi connectivity index (χ4v) is 4.26. The third-order valence-electron chi connectivity index (χ3n) is 6.13. The first-order valence-corrected chi connectivity index (χ1v) is 11.4. The van der Waals surface area contributed by atoms with Gasteiger partial charge in [-0.25, -0.2) is 4.68 Å². The quantitative estimate of drug-likeness (QED) is 0.431. The molecular weight excluding hydrogens is 444 g/mol. The number of likely N-dealkylation sites (tertiary alicyclic amines) is 1. The number of aromatic nitrogens is 2. The smallest absolute Gasteiger partial charge is 0.230 e. The normalized spacial score (nSPS) is 15.4. The van der Waals surface area contributed by atoms with Crippen molar-refractivity contribution in [2.24, 2.45) is 5.92 Å². The van der Waals surface area contributed by atoms with Crippen LogP contribution in [0.4, 0.5) is 5.82 Å². The van der Waals surface area contributed by atoms with E-state index in [0.717, 1.165) is 16.8 Å². The maximum Gasteiger partial charge on any atom is 0.230 e. The molecule has 8 heteroatoms. The second kappa shape index (κ2) is 9.50. The van der Waals surface area contributed by atoms with E-state index < -0.39 is 5.92 Å². The number of amides is 2. The topological polar surface area (TPSA) is 89.6 Å². The molecule has 178 valence electrons. The number of carbonyl (C=O) groups is 2. The number of methoxy groups -OCH3 is 1. The average Bonchev–Trinajstić information content (AvgIpc) is 3.61. The number of furan rings is 1. The molecule has 2 amide bonds. The number of rotatable bonds is 7. The summed E-state index contributed by atoms with van der Waals surface area (Å²) < 4.78 is 12.6. The van der Waals surface area contributed by atoms with E-state index in [4.69, 9.17) is 14.3 Å². The van der Waals surface area contributed by atoms with Gasteiger partial charge in [-0.2, -0.15) is 5.10 Å². The zero-order valence-corrected chi connectivity index (χ0v) is 19.6. The maximum absolute atomic E-state index is 13.2. The molecular formula is C27H26N4O4. The minimum absolute atomic E-state index is 0.0664. The Kier molecular flexibility index (Phi) is 6.10.